The Morgan fingerprint density at radius 3 is 2.57 bits per heavy atom. The van der Waals surface area contributed by atoms with E-state index in [-0.39, 0.29) is 35.9 Å². The van der Waals surface area contributed by atoms with Crippen molar-refractivity contribution in [2.45, 2.75) is 51.5 Å². The zero-order valence-corrected chi connectivity index (χ0v) is 18.1. The molecular weight excluding hydrogens is 400 g/mol. The molecule has 2 amide bonds. The van der Waals surface area contributed by atoms with Gasteiger partial charge in [0.1, 0.15) is 10.5 Å². The fourth-order valence-electron chi connectivity index (χ4n) is 6.53. The van der Waals surface area contributed by atoms with Crippen molar-refractivity contribution in [3.63, 3.8) is 0 Å². The Hall–Kier alpha value is -2.22. The first-order valence-corrected chi connectivity index (χ1v) is 11.7. The molecule has 2 heterocycles. The normalized spacial score (nSPS) is 29.3. The van der Waals surface area contributed by atoms with E-state index < -0.39 is 0 Å². The Labute approximate surface area is 179 Å². The van der Waals surface area contributed by atoms with E-state index in [1.807, 2.05) is 5.38 Å². The second-order valence-electron chi connectivity index (χ2n) is 9.77. The van der Waals surface area contributed by atoms with Crippen molar-refractivity contribution in [1.82, 2.24) is 20.2 Å². The van der Waals surface area contributed by atoms with E-state index in [2.05, 4.69) is 15.3 Å². The molecule has 0 radical (unpaired) electrons. The molecule has 0 atom stereocenters. The molecule has 8 heteroatoms. The minimum atomic E-state index is -0.193. The molecule has 6 rings (SSSR count). The highest BCUT2D eigenvalue weighted by Gasteiger charge is 2.51. The second kappa shape index (κ2) is 7.48. The van der Waals surface area contributed by atoms with E-state index in [0.29, 0.717) is 22.5 Å². The number of carbonyl (C=O) groups excluding carboxylic acids is 2. The van der Waals surface area contributed by atoms with Crippen molar-refractivity contribution in [2.24, 2.45) is 23.2 Å². The van der Waals surface area contributed by atoms with Crippen LogP contribution < -0.4 is 10.9 Å². The number of aromatic amines is 1. The van der Waals surface area contributed by atoms with Crippen LogP contribution in [0.5, 0.6) is 0 Å². The molecule has 160 valence electrons. The van der Waals surface area contributed by atoms with Gasteiger partial charge in [-0.15, -0.1) is 11.3 Å². The largest absolute Gasteiger partial charge is 0.347 e. The van der Waals surface area contributed by atoms with E-state index in [4.69, 9.17) is 0 Å². The highest BCUT2D eigenvalue weighted by atomic mass is 32.1. The van der Waals surface area contributed by atoms with Gasteiger partial charge in [-0.25, -0.2) is 4.98 Å². The van der Waals surface area contributed by atoms with Gasteiger partial charge in [0, 0.05) is 13.5 Å². The van der Waals surface area contributed by atoms with Crippen LogP contribution in [0.4, 0.5) is 0 Å². The quantitative estimate of drug-likeness (QED) is 0.739. The van der Waals surface area contributed by atoms with E-state index in [0.717, 1.165) is 17.8 Å². The number of aromatic nitrogens is 2. The summed E-state index contributed by atoms with van der Waals surface area (Å²) < 4.78 is 0.588. The Bertz CT molecular complexity index is 1010. The lowest BCUT2D eigenvalue weighted by atomic mass is 9.49. The number of hydrogen-bond acceptors (Lipinski definition) is 5. The molecule has 2 aromatic heterocycles. The summed E-state index contributed by atoms with van der Waals surface area (Å²) in [5.74, 6) is 2.68. The maximum Gasteiger partial charge on any atom is 0.268 e. The lowest BCUT2D eigenvalue weighted by Crippen LogP contribution is -2.48. The molecule has 30 heavy (non-hydrogen) atoms. The van der Waals surface area contributed by atoms with Gasteiger partial charge in [0.25, 0.3) is 5.56 Å². The van der Waals surface area contributed by atoms with Gasteiger partial charge in [-0.1, -0.05) is 0 Å². The van der Waals surface area contributed by atoms with E-state index in [1.54, 1.807) is 13.1 Å². The molecular formula is C22H28N4O3S. The summed E-state index contributed by atoms with van der Waals surface area (Å²) in [7, 11) is 1.66. The standard InChI is InChI=1S/C22H28N4O3S/c1-26(12-17-24-16-2-3-30-20(16)21(29)25-17)19(28)11-23-18(27)10-22-7-13-4-14(8-22)6-15(5-13)9-22/h2-3,13-15H,4-12H2,1H3,(H,23,27)(H,24,25,29). The predicted octanol–water partition coefficient (Wildman–Crippen LogP) is 2.67. The third kappa shape index (κ3) is 3.77. The molecule has 0 aromatic carbocycles. The fraction of sp³-hybridized carbons (Fsp3) is 0.636. The van der Waals surface area contributed by atoms with Gasteiger partial charge in [-0.3, -0.25) is 14.4 Å². The van der Waals surface area contributed by atoms with Crippen LogP contribution >= 0.6 is 11.3 Å². The minimum Gasteiger partial charge on any atom is -0.347 e. The summed E-state index contributed by atoms with van der Waals surface area (Å²) in [6.07, 6.45) is 8.18. The number of nitrogens with one attached hydrogen (secondary N) is 2. The van der Waals surface area contributed by atoms with Crippen molar-refractivity contribution >= 4 is 33.4 Å². The second-order valence-corrected chi connectivity index (χ2v) is 10.7. The molecule has 0 unspecified atom stereocenters. The number of H-pyrrole nitrogens is 1. The number of carbonyl (C=O) groups is 2. The highest BCUT2D eigenvalue weighted by molar-refractivity contribution is 7.17. The Morgan fingerprint density at radius 2 is 1.90 bits per heavy atom. The first-order valence-electron chi connectivity index (χ1n) is 10.9. The van der Waals surface area contributed by atoms with Gasteiger partial charge in [-0.2, -0.15) is 0 Å². The number of hydrogen-bond donors (Lipinski definition) is 2. The molecule has 0 saturated heterocycles. The Morgan fingerprint density at radius 1 is 1.23 bits per heavy atom. The summed E-state index contributed by atoms with van der Waals surface area (Å²) in [5, 5.41) is 4.66. The first-order chi connectivity index (χ1) is 14.4. The molecule has 2 aromatic rings. The molecule has 4 fully saturated rings. The molecule has 4 aliphatic carbocycles. The zero-order valence-electron chi connectivity index (χ0n) is 17.3. The smallest absolute Gasteiger partial charge is 0.268 e. The van der Waals surface area contributed by atoms with Crippen LogP contribution in [-0.4, -0.2) is 40.3 Å². The van der Waals surface area contributed by atoms with E-state index >= 15 is 0 Å². The maximum absolute atomic E-state index is 12.6. The number of thiophene rings is 1. The molecule has 0 spiro atoms. The molecule has 4 aliphatic rings. The summed E-state index contributed by atoms with van der Waals surface area (Å²) in [4.78, 5) is 45.9. The average molecular weight is 429 g/mol. The van der Waals surface area contributed by atoms with Gasteiger partial charge >= 0.3 is 0 Å². The van der Waals surface area contributed by atoms with Crippen LogP contribution in [0.15, 0.2) is 16.2 Å². The van der Waals surface area contributed by atoms with Gasteiger partial charge < -0.3 is 15.2 Å². The van der Waals surface area contributed by atoms with Crippen molar-refractivity contribution in [2.75, 3.05) is 13.6 Å². The number of amides is 2. The fourth-order valence-corrected chi connectivity index (χ4v) is 7.25. The first kappa shape index (κ1) is 19.7. The average Bonchev–Trinajstić information content (AvgIpc) is 3.13. The molecule has 4 bridgehead atoms. The Kier molecular flexibility index (Phi) is 4.92. The topological polar surface area (TPSA) is 95.2 Å². The van der Waals surface area contributed by atoms with Crippen molar-refractivity contribution in [3.8, 4) is 0 Å². The summed E-state index contributed by atoms with van der Waals surface area (Å²) in [6.45, 7) is 0.178. The monoisotopic (exact) mass is 428 g/mol. The summed E-state index contributed by atoms with van der Waals surface area (Å²) >= 11 is 1.35. The van der Waals surface area contributed by atoms with Crippen LogP contribution in [-0.2, 0) is 16.1 Å². The SMILES string of the molecule is CN(Cc1nc2ccsc2c(=O)[nH]1)C(=O)CNC(=O)CC12CC3CC(CC(C3)C1)C2. The molecule has 7 nitrogen and oxygen atoms in total. The number of rotatable bonds is 6. The van der Waals surface area contributed by atoms with Crippen LogP contribution in [0.3, 0.4) is 0 Å². The van der Waals surface area contributed by atoms with Crippen LogP contribution in [0.2, 0.25) is 0 Å². The van der Waals surface area contributed by atoms with Crippen molar-refractivity contribution < 1.29 is 9.59 Å². The highest BCUT2D eigenvalue weighted by Crippen LogP contribution is 2.61. The third-order valence-corrected chi connectivity index (χ3v) is 8.22. The molecule has 2 N–H and O–H groups in total. The van der Waals surface area contributed by atoms with E-state index in [9.17, 15) is 14.4 Å². The van der Waals surface area contributed by atoms with Gasteiger partial charge in [0.15, 0.2) is 0 Å². The summed E-state index contributed by atoms with van der Waals surface area (Å²) in [6, 6.07) is 1.80. The van der Waals surface area contributed by atoms with Crippen molar-refractivity contribution in [3.05, 3.63) is 27.6 Å². The van der Waals surface area contributed by atoms with Gasteiger partial charge in [0.05, 0.1) is 18.6 Å². The van der Waals surface area contributed by atoms with Crippen LogP contribution in [0.25, 0.3) is 10.2 Å². The number of nitrogens with zero attached hydrogens (tertiary/aromatic N) is 2. The summed E-state index contributed by atoms with van der Waals surface area (Å²) in [5.41, 5.74) is 0.630. The van der Waals surface area contributed by atoms with E-state index in [1.165, 1.54) is 54.8 Å². The molecule has 4 saturated carbocycles. The maximum atomic E-state index is 12.6. The Balaban J connectivity index is 1.14. The number of likely N-dealkylation sites (N-methyl/N-ethyl adjacent to an activating group) is 1. The lowest BCUT2D eigenvalue weighted by Gasteiger charge is -2.56. The minimum absolute atomic E-state index is 0.00933. The third-order valence-electron chi connectivity index (χ3n) is 7.31. The predicted molar refractivity (Wildman–Crippen MR) is 115 cm³/mol. The van der Waals surface area contributed by atoms with Gasteiger partial charge in [0.2, 0.25) is 11.8 Å². The van der Waals surface area contributed by atoms with Gasteiger partial charge in [-0.05, 0) is 73.1 Å². The zero-order chi connectivity index (χ0) is 20.9. The van der Waals surface area contributed by atoms with Crippen molar-refractivity contribution in [1.29, 1.82) is 0 Å². The number of fused-ring (bicyclic) bond motifs is 1. The van der Waals surface area contributed by atoms with Crippen LogP contribution in [0, 0.1) is 23.2 Å². The molecule has 0 aliphatic heterocycles. The van der Waals surface area contributed by atoms with Crippen LogP contribution in [0.1, 0.15) is 50.8 Å². The lowest BCUT2D eigenvalue weighted by molar-refractivity contribution is -0.135.